The van der Waals surface area contributed by atoms with Crippen molar-refractivity contribution in [1.29, 1.82) is 0 Å². The molecule has 0 spiro atoms. The lowest BCUT2D eigenvalue weighted by molar-refractivity contribution is -0.667. The SMILES string of the molecule is CCSCC(=O)c1c(O)[n+](Cc2cnc(Cl)s2)c2ccccn12. The molecule has 0 radical (unpaired) electrons. The summed E-state index contributed by atoms with van der Waals surface area (Å²) in [6.45, 7) is 2.42. The first kappa shape index (κ1) is 16.3. The minimum Gasteiger partial charge on any atom is -0.475 e. The molecule has 0 saturated carbocycles. The Morgan fingerprint density at radius 2 is 2.35 bits per heavy atom. The number of pyridine rings is 1. The topological polar surface area (TPSA) is 58.5 Å². The van der Waals surface area contributed by atoms with E-state index in [0.717, 1.165) is 16.3 Å². The molecule has 3 aromatic rings. The summed E-state index contributed by atoms with van der Waals surface area (Å²) in [5.74, 6) is 1.09. The van der Waals surface area contributed by atoms with Gasteiger partial charge in [0.2, 0.25) is 5.78 Å². The first-order chi connectivity index (χ1) is 11.1. The third kappa shape index (κ3) is 3.22. The highest BCUT2D eigenvalue weighted by molar-refractivity contribution is 7.99. The van der Waals surface area contributed by atoms with Crippen molar-refractivity contribution in [2.45, 2.75) is 13.5 Å². The first-order valence-corrected chi connectivity index (χ1v) is 9.39. The molecule has 0 fully saturated rings. The van der Waals surface area contributed by atoms with E-state index < -0.39 is 0 Å². The van der Waals surface area contributed by atoms with Gasteiger partial charge in [-0.05, 0) is 11.8 Å². The Kier molecular flexibility index (Phi) is 4.89. The van der Waals surface area contributed by atoms with Gasteiger partial charge in [-0.2, -0.15) is 20.7 Å². The van der Waals surface area contributed by atoms with Crippen LogP contribution in [0.1, 0.15) is 22.3 Å². The number of carbonyl (C=O) groups is 1. The summed E-state index contributed by atoms with van der Waals surface area (Å²) >= 11 is 8.76. The monoisotopic (exact) mass is 368 g/mol. The van der Waals surface area contributed by atoms with Crippen molar-refractivity contribution in [2.24, 2.45) is 0 Å². The summed E-state index contributed by atoms with van der Waals surface area (Å²) in [5.41, 5.74) is 1.07. The molecule has 23 heavy (non-hydrogen) atoms. The zero-order valence-corrected chi connectivity index (χ0v) is 14.8. The standard InChI is InChI=1S/C15H14ClN3O2S2/c1-2-22-9-11(20)13-14(21)19(8-10-7-17-15(16)23-10)12-5-3-4-6-18(12)13/h3-7H,2,8-9H2,1H3/p+1. The zero-order chi connectivity index (χ0) is 16.4. The number of hydrogen-bond donors (Lipinski definition) is 1. The van der Waals surface area contributed by atoms with Crippen LogP contribution in [-0.2, 0) is 6.54 Å². The normalized spacial score (nSPS) is 11.2. The lowest BCUT2D eigenvalue weighted by atomic mass is 10.3. The number of Topliss-reactive ketones (excluding diaryl/α,β-unsaturated/α-hetero) is 1. The van der Waals surface area contributed by atoms with Crippen molar-refractivity contribution in [2.75, 3.05) is 11.5 Å². The maximum atomic E-state index is 12.5. The van der Waals surface area contributed by atoms with Gasteiger partial charge in [-0.3, -0.25) is 4.79 Å². The fraction of sp³-hybridized carbons (Fsp3) is 0.267. The fourth-order valence-corrected chi connectivity index (χ4v) is 3.87. The number of imidazole rings is 1. The highest BCUT2D eigenvalue weighted by Gasteiger charge is 2.30. The Labute approximate surface area is 146 Å². The molecule has 0 amide bonds. The number of halogens is 1. The van der Waals surface area contributed by atoms with Gasteiger partial charge in [0, 0.05) is 12.3 Å². The highest BCUT2D eigenvalue weighted by Crippen LogP contribution is 2.22. The predicted octanol–water partition coefficient (Wildman–Crippen LogP) is 3.03. The van der Waals surface area contributed by atoms with Crippen LogP contribution in [0.3, 0.4) is 0 Å². The molecule has 3 heterocycles. The maximum absolute atomic E-state index is 12.5. The van der Waals surface area contributed by atoms with Gasteiger partial charge in [0.15, 0.2) is 4.47 Å². The van der Waals surface area contributed by atoms with Crippen molar-refractivity contribution < 1.29 is 14.5 Å². The Balaban J connectivity index is 2.07. The lowest BCUT2D eigenvalue weighted by Gasteiger charge is -1.96. The molecule has 1 N–H and O–H groups in total. The largest absolute Gasteiger partial charge is 0.475 e. The zero-order valence-electron chi connectivity index (χ0n) is 12.4. The van der Waals surface area contributed by atoms with Crippen LogP contribution >= 0.6 is 34.7 Å². The molecule has 0 unspecified atom stereocenters. The van der Waals surface area contributed by atoms with Crippen LogP contribution < -0.4 is 4.57 Å². The van der Waals surface area contributed by atoms with E-state index in [1.807, 2.05) is 25.1 Å². The van der Waals surface area contributed by atoms with Gasteiger partial charge in [0.05, 0.1) is 16.8 Å². The van der Waals surface area contributed by atoms with Crippen molar-refractivity contribution in [1.82, 2.24) is 9.38 Å². The van der Waals surface area contributed by atoms with E-state index in [0.29, 0.717) is 22.5 Å². The Hall–Kier alpha value is -1.57. The van der Waals surface area contributed by atoms with Crippen molar-refractivity contribution in [3.05, 3.63) is 45.6 Å². The molecule has 0 saturated heterocycles. The molecule has 0 bridgehead atoms. The van der Waals surface area contributed by atoms with E-state index in [1.54, 1.807) is 21.4 Å². The third-order valence-corrected chi connectivity index (χ3v) is 5.34. The molecule has 0 atom stereocenters. The summed E-state index contributed by atoms with van der Waals surface area (Å²) in [6, 6.07) is 5.58. The van der Waals surface area contributed by atoms with Crippen LogP contribution in [-0.4, -0.2) is 31.8 Å². The molecule has 120 valence electrons. The summed E-state index contributed by atoms with van der Waals surface area (Å²) < 4.78 is 3.89. The number of nitrogens with zero attached hydrogens (tertiary/aromatic N) is 3. The van der Waals surface area contributed by atoms with Gasteiger partial charge in [0.1, 0.15) is 6.54 Å². The molecule has 0 aliphatic carbocycles. The summed E-state index contributed by atoms with van der Waals surface area (Å²) in [4.78, 5) is 17.4. The van der Waals surface area contributed by atoms with Crippen LogP contribution in [0.25, 0.3) is 5.65 Å². The number of thiazole rings is 1. The number of aromatic hydroxyl groups is 1. The molecule has 8 heteroatoms. The van der Waals surface area contributed by atoms with Crippen LogP contribution in [0.5, 0.6) is 5.88 Å². The number of thioether (sulfide) groups is 1. The van der Waals surface area contributed by atoms with Crippen molar-refractivity contribution in [3.63, 3.8) is 0 Å². The van der Waals surface area contributed by atoms with Gasteiger partial charge in [-0.25, -0.2) is 4.98 Å². The van der Waals surface area contributed by atoms with Crippen LogP contribution in [0, 0.1) is 0 Å². The van der Waals surface area contributed by atoms with Gasteiger partial charge in [-0.15, -0.1) is 11.3 Å². The van der Waals surface area contributed by atoms with E-state index in [9.17, 15) is 9.90 Å². The quantitative estimate of drug-likeness (QED) is 0.536. The van der Waals surface area contributed by atoms with Crippen LogP contribution in [0.4, 0.5) is 0 Å². The van der Waals surface area contributed by atoms with Crippen LogP contribution in [0.15, 0.2) is 30.6 Å². The first-order valence-electron chi connectivity index (χ1n) is 7.04. The number of hydrogen-bond acceptors (Lipinski definition) is 5. The third-order valence-electron chi connectivity index (χ3n) is 3.36. The average Bonchev–Trinajstić information content (AvgIpc) is 3.07. The van der Waals surface area contributed by atoms with Gasteiger partial charge in [0.25, 0.3) is 11.3 Å². The van der Waals surface area contributed by atoms with E-state index in [1.165, 1.54) is 23.1 Å². The lowest BCUT2D eigenvalue weighted by Crippen LogP contribution is -2.33. The van der Waals surface area contributed by atoms with Crippen molar-refractivity contribution >= 4 is 46.1 Å². The molecular weight excluding hydrogens is 354 g/mol. The minimum absolute atomic E-state index is 0.0255. The van der Waals surface area contributed by atoms with E-state index in [2.05, 4.69) is 4.98 Å². The molecule has 0 aliphatic heterocycles. The Morgan fingerprint density at radius 3 is 3.04 bits per heavy atom. The van der Waals surface area contributed by atoms with E-state index >= 15 is 0 Å². The molecule has 3 aromatic heterocycles. The number of carbonyl (C=O) groups excluding carboxylic acids is 1. The summed E-state index contributed by atoms with van der Waals surface area (Å²) in [7, 11) is 0. The second-order valence-corrected chi connectivity index (χ2v) is 7.80. The maximum Gasteiger partial charge on any atom is 0.335 e. The molecule has 5 nitrogen and oxygen atoms in total. The summed E-state index contributed by atoms with van der Waals surface area (Å²) in [5, 5.41) is 10.6. The fourth-order valence-electron chi connectivity index (χ4n) is 2.38. The number of aromatic nitrogens is 3. The highest BCUT2D eigenvalue weighted by atomic mass is 35.5. The molecule has 3 rings (SSSR count). The molecule has 0 aromatic carbocycles. The average molecular weight is 369 g/mol. The Bertz CT molecular complexity index is 860. The van der Waals surface area contributed by atoms with Crippen molar-refractivity contribution in [3.8, 4) is 5.88 Å². The van der Waals surface area contributed by atoms with E-state index in [-0.39, 0.29) is 11.7 Å². The Morgan fingerprint density at radius 1 is 1.52 bits per heavy atom. The second-order valence-electron chi connectivity index (χ2n) is 4.83. The smallest absolute Gasteiger partial charge is 0.335 e. The van der Waals surface area contributed by atoms with Crippen LogP contribution in [0.2, 0.25) is 4.47 Å². The predicted molar refractivity (Wildman–Crippen MR) is 92.8 cm³/mol. The molecular formula is C15H15ClN3O2S2+. The van der Waals surface area contributed by atoms with Gasteiger partial charge < -0.3 is 5.11 Å². The summed E-state index contributed by atoms with van der Waals surface area (Å²) in [6.07, 6.45) is 3.47. The number of ketones is 1. The van der Waals surface area contributed by atoms with Gasteiger partial charge in [-0.1, -0.05) is 24.6 Å². The number of rotatable bonds is 6. The minimum atomic E-state index is -0.0864. The molecule has 0 aliphatic rings. The second kappa shape index (κ2) is 6.90. The number of fused-ring (bicyclic) bond motifs is 1. The van der Waals surface area contributed by atoms with E-state index in [4.69, 9.17) is 11.6 Å². The van der Waals surface area contributed by atoms with Gasteiger partial charge >= 0.3 is 5.88 Å².